The van der Waals surface area contributed by atoms with E-state index in [-0.39, 0.29) is 12.7 Å². The van der Waals surface area contributed by atoms with Crippen LogP contribution in [0.2, 0.25) is 0 Å². The molecule has 2 aromatic rings. The Labute approximate surface area is 170 Å². The number of carbonyl (C=O) groups excluding carboxylic acids is 1. The van der Waals surface area contributed by atoms with Crippen LogP contribution in [0.3, 0.4) is 0 Å². The largest absolute Gasteiger partial charge is 0.454 e. The zero-order valence-electron chi connectivity index (χ0n) is 16.0. The quantitative estimate of drug-likeness (QED) is 0.752. The van der Waals surface area contributed by atoms with Gasteiger partial charge in [-0.1, -0.05) is 6.07 Å². The Hall–Kier alpha value is -3.01. The van der Waals surface area contributed by atoms with E-state index in [9.17, 15) is 22.8 Å². The first-order chi connectivity index (χ1) is 14.3. The number of amides is 1. The fourth-order valence-electron chi connectivity index (χ4n) is 3.52. The first-order valence-corrected chi connectivity index (χ1v) is 9.46. The van der Waals surface area contributed by atoms with E-state index in [0.717, 1.165) is 28.0 Å². The Kier molecular flexibility index (Phi) is 5.42. The lowest BCUT2D eigenvalue weighted by Crippen LogP contribution is -2.49. The number of rotatable bonds is 4. The van der Waals surface area contributed by atoms with Crippen LogP contribution in [0.5, 0.6) is 11.5 Å². The van der Waals surface area contributed by atoms with Crippen LogP contribution in [-0.2, 0) is 24.1 Å². The van der Waals surface area contributed by atoms with Gasteiger partial charge in [0.05, 0.1) is 5.56 Å². The minimum absolute atomic E-state index is 0.217. The van der Waals surface area contributed by atoms with Crippen LogP contribution in [0.15, 0.2) is 41.3 Å². The third-order valence-corrected chi connectivity index (χ3v) is 5.18. The molecule has 0 aliphatic carbocycles. The van der Waals surface area contributed by atoms with Crippen molar-refractivity contribution in [2.75, 3.05) is 33.0 Å². The number of fused-ring (bicyclic) bond motifs is 1. The average Bonchev–Trinajstić information content (AvgIpc) is 3.17. The molecule has 0 N–H and O–H groups in total. The van der Waals surface area contributed by atoms with Crippen molar-refractivity contribution in [2.45, 2.75) is 19.3 Å². The molecule has 0 bridgehead atoms. The fraction of sp³-hybridized carbons (Fsp3) is 0.400. The molecule has 10 heteroatoms. The molecule has 1 amide bonds. The van der Waals surface area contributed by atoms with E-state index in [0.29, 0.717) is 44.7 Å². The van der Waals surface area contributed by atoms with Crippen molar-refractivity contribution in [1.82, 2.24) is 14.4 Å². The van der Waals surface area contributed by atoms with Gasteiger partial charge in [-0.15, -0.1) is 0 Å². The Morgan fingerprint density at radius 3 is 2.47 bits per heavy atom. The van der Waals surface area contributed by atoms with E-state index in [1.54, 1.807) is 4.90 Å². The van der Waals surface area contributed by atoms with Gasteiger partial charge in [0.2, 0.25) is 12.7 Å². The maximum Gasteiger partial charge on any atom is 0.417 e. The Balaban J connectivity index is 1.33. The lowest BCUT2D eigenvalue weighted by molar-refractivity contribution is -0.139. The van der Waals surface area contributed by atoms with E-state index in [1.165, 1.54) is 0 Å². The molecule has 2 aliphatic rings. The van der Waals surface area contributed by atoms with Gasteiger partial charge in [-0.25, -0.2) is 0 Å². The molecule has 1 saturated heterocycles. The predicted octanol–water partition coefficient (Wildman–Crippen LogP) is 1.94. The Morgan fingerprint density at radius 2 is 1.73 bits per heavy atom. The van der Waals surface area contributed by atoms with Crippen LogP contribution < -0.4 is 15.0 Å². The van der Waals surface area contributed by atoms with Gasteiger partial charge in [-0.05, 0) is 23.8 Å². The molecule has 1 aromatic heterocycles. The van der Waals surface area contributed by atoms with Crippen molar-refractivity contribution in [2.24, 2.45) is 0 Å². The van der Waals surface area contributed by atoms with Crippen molar-refractivity contribution in [1.29, 1.82) is 0 Å². The van der Waals surface area contributed by atoms with Crippen LogP contribution in [0.1, 0.15) is 11.1 Å². The number of benzene rings is 1. The summed E-state index contributed by atoms with van der Waals surface area (Å²) in [7, 11) is 0. The molecule has 1 aromatic carbocycles. The minimum atomic E-state index is -4.57. The molecule has 1 fully saturated rings. The zero-order chi connectivity index (χ0) is 21.3. The summed E-state index contributed by atoms with van der Waals surface area (Å²) in [6.45, 7) is 2.62. The third kappa shape index (κ3) is 4.43. The fourth-order valence-corrected chi connectivity index (χ4v) is 3.52. The van der Waals surface area contributed by atoms with Gasteiger partial charge in [-0.2, -0.15) is 13.2 Å². The summed E-state index contributed by atoms with van der Waals surface area (Å²) in [5.74, 6) is 1.06. The summed E-state index contributed by atoms with van der Waals surface area (Å²) in [6.07, 6.45) is -3.88. The topological polar surface area (TPSA) is 64.0 Å². The van der Waals surface area contributed by atoms with Gasteiger partial charge in [0.25, 0.3) is 5.56 Å². The number of hydrogen-bond acceptors (Lipinski definition) is 5. The second kappa shape index (κ2) is 8.02. The third-order valence-electron chi connectivity index (χ3n) is 5.18. The Morgan fingerprint density at radius 1 is 1.00 bits per heavy atom. The van der Waals surface area contributed by atoms with E-state index in [2.05, 4.69) is 4.90 Å². The lowest BCUT2D eigenvalue weighted by Gasteiger charge is -2.35. The zero-order valence-corrected chi connectivity index (χ0v) is 16.0. The van der Waals surface area contributed by atoms with Crippen molar-refractivity contribution < 1.29 is 27.4 Å². The first kappa shape index (κ1) is 20.3. The number of hydrogen-bond donors (Lipinski definition) is 0. The maximum atomic E-state index is 12.9. The van der Waals surface area contributed by atoms with E-state index in [4.69, 9.17) is 9.47 Å². The summed E-state index contributed by atoms with van der Waals surface area (Å²) in [6, 6.07) is 7.31. The molecule has 2 aliphatic heterocycles. The smallest absolute Gasteiger partial charge is 0.417 e. The highest BCUT2D eigenvalue weighted by atomic mass is 19.4. The van der Waals surface area contributed by atoms with Crippen molar-refractivity contribution in [3.63, 3.8) is 0 Å². The molecule has 30 heavy (non-hydrogen) atoms. The van der Waals surface area contributed by atoms with Gasteiger partial charge >= 0.3 is 6.18 Å². The normalized spacial score (nSPS) is 16.7. The number of alkyl halides is 3. The Bertz CT molecular complexity index is 998. The van der Waals surface area contributed by atoms with Crippen LogP contribution in [0, 0.1) is 0 Å². The van der Waals surface area contributed by atoms with E-state index < -0.39 is 23.8 Å². The molecule has 160 valence electrons. The van der Waals surface area contributed by atoms with Crippen molar-refractivity contribution in [3.05, 3.63) is 58.0 Å². The number of carbonyl (C=O) groups is 1. The second-order valence-corrected chi connectivity index (χ2v) is 7.23. The summed E-state index contributed by atoms with van der Waals surface area (Å²) < 4.78 is 50.1. The van der Waals surface area contributed by atoms with E-state index >= 15 is 0 Å². The molecule has 0 unspecified atom stereocenters. The van der Waals surface area contributed by atoms with Crippen LogP contribution >= 0.6 is 0 Å². The predicted molar refractivity (Wildman–Crippen MR) is 100 cm³/mol. The number of piperazine rings is 1. The molecule has 0 spiro atoms. The number of ether oxygens (including phenoxy) is 2. The van der Waals surface area contributed by atoms with Crippen molar-refractivity contribution in [3.8, 4) is 11.5 Å². The molecule has 0 saturated carbocycles. The standard InChI is InChI=1S/C20H20F3N3O4/c21-20(22,23)15-2-4-18(27)26(11-15)12-19(28)25-7-5-24(6-8-25)10-14-1-3-16-17(9-14)30-13-29-16/h1-4,9,11H,5-8,10,12-13H2. The first-order valence-electron chi connectivity index (χ1n) is 9.46. The molecular formula is C20H20F3N3O4. The van der Waals surface area contributed by atoms with E-state index in [1.807, 2.05) is 18.2 Å². The van der Waals surface area contributed by atoms with Gasteiger partial charge in [0.1, 0.15) is 6.54 Å². The highest BCUT2D eigenvalue weighted by Crippen LogP contribution is 2.33. The SMILES string of the molecule is O=C(Cn1cc(C(F)(F)F)ccc1=O)N1CCN(Cc2ccc3c(c2)OCO3)CC1. The monoisotopic (exact) mass is 423 g/mol. The number of aromatic nitrogens is 1. The number of nitrogens with zero attached hydrogens (tertiary/aromatic N) is 3. The molecule has 4 rings (SSSR count). The van der Waals surface area contributed by atoms with Crippen LogP contribution in [0.4, 0.5) is 13.2 Å². The van der Waals surface area contributed by atoms with Gasteiger partial charge in [-0.3, -0.25) is 14.5 Å². The summed E-state index contributed by atoms with van der Waals surface area (Å²) >= 11 is 0. The number of pyridine rings is 1. The van der Waals surface area contributed by atoms with Gasteiger partial charge < -0.3 is 18.9 Å². The van der Waals surface area contributed by atoms with Gasteiger partial charge in [0.15, 0.2) is 11.5 Å². The highest BCUT2D eigenvalue weighted by Gasteiger charge is 2.31. The summed E-state index contributed by atoms with van der Waals surface area (Å²) in [4.78, 5) is 28.1. The molecule has 3 heterocycles. The molecule has 0 atom stereocenters. The maximum absolute atomic E-state index is 12.9. The average molecular weight is 423 g/mol. The van der Waals surface area contributed by atoms with Crippen LogP contribution in [0.25, 0.3) is 0 Å². The lowest BCUT2D eigenvalue weighted by atomic mass is 10.1. The van der Waals surface area contributed by atoms with Gasteiger partial charge in [0, 0.05) is 45.0 Å². The molecule has 0 radical (unpaired) electrons. The number of halogens is 3. The summed E-state index contributed by atoms with van der Waals surface area (Å²) in [5, 5.41) is 0. The summed E-state index contributed by atoms with van der Waals surface area (Å²) in [5.41, 5.74) is -0.532. The minimum Gasteiger partial charge on any atom is -0.454 e. The second-order valence-electron chi connectivity index (χ2n) is 7.23. The van der Waals surface area contributed by atoms with Crippen LogP contribution in [-0.4, -0.2) is 53.2 Å². The molecular weight excluding hydrogens is 403 g/mol. The van der Waals surface area contributed by atoms with Crippen molar-refractivity contribution >= 4 is 5.91 Å². The molecule has 7 nitrogen and oxygen atoms in total. The highest BCUT2D eigenvalue weighted by molar-refractivity contribution is 5.76.